The number of hydrogen-bond acceptors (Lipinski definition) is 2. The Bertz CT molecular complexity index is 537. The van der Waals surface area contributed by atoms with Crippen LogP contribution in [-0.2, 0) is 0 Å². The maximum absolute atomic E-state index is 5.34. The summed E-state index contributed by atoms with van der Waals surface area (Å²) in [4.78, 5) is 9.76. The lowest BCUT2D eigenvalue weighted by molar-refractivity contribution is 0.362. The molecule has 2 aromatic heterocycles. The minimum Gasteiger partial charge on any atom is -0.363 e. The van der Waals surface area contributed by atoms with Crippen molar-refractivity contribution in [3.8, 4) is 0 Å². The van der Waals surface area contributed by atoms with Crippen molar-refractivity contribution in [2.45, 2.75) is 12.1 Å². The summed E-state index contributed by atoms with van der Waals surface area (Å²) < 4.78 is 0. The number of H-pyrrole nitrogens is 1. The Balaban J connectivity index is 2.00. The first-order valence-electron chi connectivity index (χ1n) is 5.85. The average Bonchev–Trinajstić information content (AvgIpc) is 3.00. The van der Waals surface area contributed by atoms with Crippen LogP contribution in [-0.4, -0.2) is 27.0 Å². The van der Waals surface area contributed by atoms with Crippen LogP contribution >= 0.6 is 12.2 Å². The number of nitrogens with one attached hydrogen (secondary N) is 2. The Morgan fingerprint density at radius 3 is 2.83 bits per heavy atom. The zero-order valence-electron chi connectivity index (χ0n) is 10.00. The molecule has 5 heteroatoms. The van der Waals surface area contributed by atoms with Gasteiger partial charge in [0.25, 0.3) is 0 Å². The Labute approximate surface area is 111 Å². The van der Waals surface area contributed by atoms with E-state index in [-0.39, 0.29) is 12.1 Å². The maximum atomic E-state index is 5.34. The van der Waals surface area contributed by atoms with Crippen LogP contribution in [0.25, 0.3) is 0 Å². The van der Waals surface area contributed by atoms with Gasteiger partial charge in [-0.1, -0.05) is 6.07 Å². The maximum Gasteiger partial charge on any atom is 0.169 e. The second-order valence-corrected chi connectivity index (χ2v) is 4.75. The Morgan fingerprint density at radius 1 is 1.28 bits per heavy atom. The van der Waals surface area contributed by atoms with Crippen LogP contribution in [0, 0.1) is 0 Å². The number of aromatic amines is 1. The summed E-state index contributed by atoms with van der Waals surface area (Å²) in [6.07, 6.45) is 3.74. The van der Waals surface area contributed by atoms with Crippen molar-refractivity contribution in [2.24, 2.45) is 0 Å². The lowest BCUT2D eigenvalue weighted by Crippen LogP contribution is -2.25. The smallest absolute Gasteiger partial charge is 0.169 e. The molecular formula is C13H14N4S. The van der Waals surface area contributed by atoms with Crippen molar-refractivity contribution in [1.82, 2.24) is 20.2 Å². The van der Waals surface area contributed by atoms with Gasteiger partial charge in [-0.25, -0.2) is 0 Å². The van der Waals surface area contributed by atoms with Gasteiger partial charge in [-0.15, -0.1) is 0 Å². The Hall–Kier alpha value is -1.88. The minimum atomic E-state index is 0.0855. The highest BCUT2D eigenvalue weighted by atomic mass is 32.1. The van der Waals surface area contributed by atoms with Crippen molar-refractivity contribution >= 4 is 17.3 Å². The molecule has 3 heterocycles. The van der Waals surface area contributed by atoms with Crippen LogP contribution in [0.1, 0.15) is 23.5 Å². The van der Waals surface area contributed by atoms with Crippen LogP contribution in [0.3, 0.4) is 0 Å². The van der Waals surface area contributed by atoms with Gasteiger partial charge in [0.2, 0.25) is 0 Å². The van der Waals surface area contributed by atoms with Gasteiger partial charge in [0.1, 0.15) is 0 Å². The standard InChI is InChI=1S/C13H14N4S/c1-17-12(10-6-4-8-15-10)11(16-13(17)18)9-5-2-3-7-14-9/h2-8,11-12,15H,1H3,(H,16,18)/t11-,12+/m0/s1. The molecule has 0 unspecified atom stereocenters. The molecule has 18 heavy (non-hydrogen) atoms. The van der Waals surface area contributed by atoms with E-state index in [4.69, 9.17) is 12.2 Å². The van der Waals surface area contributed by atoms with Crippen molar-refractivity contribution in [3.05, 3.63) is 54.1 Å². The summed E-state index contributed by atoms with van der Waals surface area (Å²) in [5.74, 6) is 0. The molecule has 0 saturated carbocycles. The van der Waals surface area contributed by atoms with E-state index in [1.54, 1.807) is 0 Å². The van der Waals surface area contributed by atoms with Gasteiger partial charge < -0.3 is 15.2 Å². The van der Waals surface area contributed by atoms with Crippen LogP contribution in [0.15, 0.2) is 42.7 Å². The first kappa shape index (κ1) is 11.2. The van der Waals surface area contributed by atoms with Crippen molar-refractivity contribution in [3.63, 3.8) is 0 Å². The van der Waals surface area contributed by atoms with Gasteiger partial charge in [0.15, 0.2) is 5.11 Å². The zero-order chi connectivity index (χ0) is 12.5. The number of rotatable bonds is 2. The fraction of sp³-hybridized carbons (Fsp3) is 0.231. The van der Waals surface area contributed by atoms with Crippen LogP contribution in [0.5, 0.6) is 0 Å². The summed E-state index contributed by atoms with van der Waals surface area (Å²) in [6, 6.07) is 10.3. The van der Waals surface area contributed by atoms with Crippen molar-refractivity contribution in [2.75, 3.05) is 7.05 Å². The highest BCUT2D eigenvalue weighted by Gasteiger charge is 2.37. The molecule has 4 nitrogen and oxygen atoms in total. The fourth-order valence-corrected chi connectivity index (χ4v) is 2.62. The topological polar surface area (TPSA) is 44.0 Å². The van der Waals surface area contributed by atoms with E-state index in [0.717, 1.165) is 16.5 Å². The summed E-state index contributed by atoms with van der Waals surface area (Å²) >= 11 is 5.34. The third-order valence-electron chi connectivity index (χ3n) is 3.28. The molecule has 2 atom stereocenters. The summed E-state index contributed by atoms with van der Waals surface area (Å²) in [7, 11) is 2.00. The van der Waals surface area contributed by atoms with E-state index in [1.165, 1.54) is 0 Å². The van der Waals surface area contributed by atoms with E-state index >= 15 is 0 Å². The molecule has 2 aromatic rings. The normalized spacial score (nSPS) is 23.2. The van der Waals surface area contributed by atoms with Gasteiger partial charge in [-0.3, -0.25) is 4.98 Å². The molecular weight excluding hydrogens is 244 g/mol. The van der Waals surface area contributed by atoms with E-state index in [1.807, 2.05) is 43.7 Å². The van der Waals surface area contributed by atoms with E-state index in [2.05, 4.69) is 26.3 Å². The molecule has 1 aliphatic rings. The third kappa shape index (κ3) is 1.76. The first-order chi connectivity index (χ1) is 8.77. The molecule has 0 spiro atoms. The predicted octanol–water partition coefficient (Wildman–Crippen LogP) is 2.01. The highest BCUT2D eigenvalue weighted by molar-refractivity contribution is 7.80. The number of pyridine rings is 1. The molecule has 0 radical (unpaired) electrons. The molecule has 1 saturated heterocycles. The lowest BCUT2D eigenvalue weighted by Gasteiger charge is -2.22. The van der Waals surface area contributed by atoms with E-state index < -0.39 is 0 Å². The van der Waals surface area contributed by atoms with Gasteiger partial charge in [0, 0.05) is 25.1 Å². The summed E-state index contributed by atoms with van der Waals surface area (Å²) in [6.45, 7) is 0. The zero-order valence-corrected chi connectivity index (χ0v) is 10.8. The molecule has 0 amide bonds. The van der Waals surface area contributed by atoms with Gasteiger partial charge >= 0.3 is 0 Å². The number of nitrogens with zero attached hydrogens (tertiary/aromatic N) is 2. The molecule has 92 valence electrons. The molecule has 2 N–H and O–H groups in total. The molecule has 0 aliphatic carbocycles. The SMILES string of the molecule is CN1C(=S)N[C@@H](c2ccccn2)[C@H]1c1ccc[nH]1. The van der Waals surface area contributed by atoms with Crippen LogP contribution in [0.2, 0.25) is 0 Å². The molecule has 0 aromatic carbocycles. The molecule has 1 fully saturated rings. The molecule has 0 bridgehead atoms. The number of aromatic nitrogens is 2. The number of thiocarbonyl (C=S) groups is 1. The Morgan fingerprint density at radius 2 is 2.17 bits per heavy atom. The Kier molecular flexibility index (Phi) is 2.76. The first-order valence-corrected chi connectivity index (χ1v) is 6.26. The van der Waals surface area contributed by atoms with Crippen LogP contribution in [0.4, 0.5) is 0 Å². The largest absolute Gasteiger partial charge is 0.363 e. The van der Waals surface area contributed by atoms with Crippen LogP contribution < -0.4 is 5.32 Å². The van der Waals surface area contributed by atoms with E-state index in [9.17, 15) is 0 Å². The number of hydrogen-bond donors (Lipinski definition) is 2. The van der Waals surface area contributed by atoms with Gasteiger partial charge in [-0.2, -0.15) is 0 Å². The average molecular weight is 258 g/mol. The van der Waals surface area contributed by atoms with Gasteiger partial charge in [-0.05, 0) is 36.5 Å². The number of likely N-dealkylation sites (N-methyl/N-ethyl adjacent to an activating group) is 1. The van der Waals surface area contributed by atoms with Crippen molar-refractivity contribution < 1.29 is 0 Å². The second kappa shape index (κ2) is 4.42. The monoisotopic (exact) mass is 258 g/mol. The highest BCUT2D eigenvalue weighted by Crippen LogP contribution is 2.36. The summed E-state index contributed by atoms with van der Waals surface area (Å²) in [5, 5.41) is 4.09. The summed E-state index contributed by atoms with van der Waals surface area (Å²) in [5.41, 5.74) is 2.14. The predicted molar refractivity (Wildman–Crippen MR) is 74.0 cm³/mol. The molecule has 3 rings (SSSR count). The van der Waals surface area contributed by atoms with Gasteiger partial charge in [0.05, 0.1) is 17.8 Å². The second-order valence-electron chi connectivity index (χ2n) is 4.36. The quantitative estimate of drug-likeness (QED) is 0.809. The fourth-order valence-electron chi connectivity index (χ4n) is 2.38. The van der Waals surface area contributed by atoms with Crippen molar-refractivity contribution in [1.29, 1.82) is 0 Å². The van der Waals surface area contributed by atoms with E-state index in [0.29, 0.717) is 0 Å². The minimum absolute atomic E-state index is 0.0855. The molecule has 1 aliphatic heterocycles. The lowest BCUT2D eigenvalue weighted by atomic mass is 10.0. The third-order valence-corrected chi connectivity index (χ3v) is 3.69.